The molecule has 2 rings (SSSR count). The molecule has 5 nitrogen and oxygen atoms in total. The van der Waals surface area contributed by atoms with Crippen LogP contribution in [-0.4, -0.2) is 37.0 Å². The Balaban J connectivity index is 1.78. The summed E-state index contributed by atoms with van der Waals surface area (Å²) < 4.78 is 10.7. The van der Waals surface area contributed by atoms with Gasteiger partial charge in [0, 0.05) is 38.3 Å². The summed E-state index contributed by atoms with van der Waals surface area (Å²) in [4.78, 5) is 16.2. The van der Waals surface area contributed by atoms with Crippen LogP contribution in [0, 0.1) is 0 Å². The Kier molecular flexibility index (Phi) is 8.13. The van der Waals surface area contributed by atoms with Crippen LogP contribution in [0.2, 0.25) is 0 Å². The van der Waals surface area contributed by atoms with Gasteiger partial charge in [-0.15, -0.1) is 11.8 Å². The summed E-state index contributed by atoms with van der Waals surface area (Å²) in [6, 6.07) is 11.4. The number of amides is 1. The van der Waals surface area contributed by atoms with Crippen LogP contribution in [0.15, 0.2) is 48.8 Å². The molecule has 0 bridgehead atoms. The van der Waals surface area contributed by atoms with Crippen LogP contribution in [0.1, 0.15) is 12.0 Å². The lowest BCUT2D eigenvalue weighted by molar-refractivity contribution is -0.113. The number of pyridine rings is 1. The van der Waals surface area contributed by atoms with E-state index in [2.05, 4.69) is 10.3 Å². The number of anilines is 1. The van der Waals surface area contributed by atoms with Crippen molar-refractivity contribution in [3.8, 4) is 5.75 Å². The number of rotatable bonds is 10. The number of aromatic nitrogens is 1. The standard InChI is InChI=1S/C18H22N2O3S/c1-22-10-5-11-23-17-8-3-2-7-16(17)20-18(21)14-24-13-15-6-4-9-19-12-15/h2-4,6-9,12H,5,10-11,13-14H2,1H3,(H,20,21). The van der Waals surface area contributed by atoms with Gasteiger partial charge in [-0.2, -0.15) is 0 Å². The van der Waals surface area contributed by atoms with Crippen molar-refractivity contribution in [2.75, 3.05) is 31.4 Å². The molecule has 24 heavy (non-hydrogen) atoms. The van der Waals surface area contributed by atoms with Gasteiger partial charge in [0.15, 0.2) is 0 Å². The number of para-hydroxylation sites is 2. The zero-order valence-electron chi connectivity index (χ0n) is 13.7. The van der Waals surface area contributed by atoms with E-state index in [1.54, 1.807) is 25.1 Å². The minimum Gasteiger partial charge on any atom is -0.491 e. The minimum atomic E-state index is -0.0446. The number of hydrogen-bond acceptors (Lipinski definition) is 5. The molecule has 0 spiro atoms. The number of carbonyl (C=O) groups is 1. The Morgan fingerprint density at radius 2 is 2.08 bits per heavy atom. The maximum absolute atomic E-state index is 12.1. The third-order valence-corrected chi connectivity index (χ3v) is 4.14. The second-order valence-corrected chi connectivity index (χ2v) is 6.08. The Labute approximate surface area is 146 Å². The summed E-state index contributed by atoms with van der Waals surface area (Å²) in [5, 5.41) is 2.91. The molecular weight excluding hydrogens is 324 g/mol. The van der Waals surface area contributed by atoms with Crippen LogP contribution in [0.5, 0.6) is 5.75 Å². The van der Waals surface area contributed by atoms with Crippen molar-refractivity contribution in [1.29, 1.82) is 0 Å². The first-order chi connectivity index (χ1) is 11.8. The third-order valence-electron chi connectivity index (χ3n) is 3.14. The van der Waals surface area contributed by atoms with Crippen molar-refractivity contribution in [2.24, 2.45) is 0 Å². The summed E-state index contributed by atoms with van der Waals surface area (Å²) in [6.07, 6.45) is 4.36. The van der Waals surface area contributed by atoms with Crippen molar-refractivity contribution in [3.05, 3.63) is 54.4 Å². The smallest absolute Gasteiger partial charge is 0.234 e. The van der Waals surface area contributed by atoms with Crippen molar-refractivity contribution in [1.82, 2.24) is 4.98 Å². The normalized spacial score (nSPS) is 10.4. The van der Waals surface area contributed by atoms with E-state index in [1.807, 2.05) is 42.6 Å². The molecule has 6 heteroatoms. The number of nitrogens with one attached hydrogen (secondary N) is 1. The van der Waals surface area contributed by atoms with E-state index in [4.69, 9.17) is 9.47 Å². The molecule has 1 amide bonds. The molecule has 1 N–H and O–H groups in total. The van der Waals surface area contributed by atoms with E-state index >= 15 is 0 Å². The van der Waals surface area contributed by atoms with Crippen LogP contribution in [0.4, 0.5) is 5.69 Å². The van der Waals surface area contributed by atoms with Gasteiger partial charge in [-0.05, 0) is 23.8 Å². The fraction of sp³-hybridized carbons (Fsp3) is 0.333. The van der Waals surface area contributed by atoms with Crippen molar-refractivity contribution in [2.45, 2.75) is 12.2 Å². The van der Waals surface area contributed by atoms with E-state index in [1.165, 1.54) is 0 Å². The Morgan fingerprint density at radius 1 is 1.21 bits per heavy atom. The van der Waals surface area contributed by atoms with Gasteiger partial charge < -0.3 is 14.8 Å². The number of carbonyl (C=O) groups excluding carboxylic acids is 1. The minimum absolute atomic E-state index is 0.0446. The van der Waals surface area contributed by atoms with Gasteiger partial charge in [0.2, 0.25) is 5.91 Å². The second kappa shape index (κ2) is 10.7. The summed E-state index contributed by atoms with van der Waals surface area (Å²) >= 11 is 1.55. The number of thioether (sulfide) groups is 1. The summed E-state index contributed by atoms with van der Waals surface area (Å²) in [5.41, 5.74) is 1.80. The predicted octanol–water partition coefficient (Wildman–Crippen LogP) is 3.37. The molecule has 0 radical (unpaired) electrons. The first-order valence-electron chi connectivity index (χ1n) is 7.77. The highest BCUT2D eigenvalue weighted by Gasteiger charge is 2.08. The molecule has 0 aliphatic heterocycles. The number of hydrogen-bond donors (Lipinski definition) is 1. The second-order valence-electron chi connectivity index (χ2n) is 5.09. The first kappa shape index (κ1) is 18.3. The quantitative estimate of drug-likeness (QED) is 0.668. The number of benzene rings is 1. The van der Waals surface area contributed by atoms with Gasteiger partial charge in [0.25, 0.3) is 0 Å². The summed E-state index contributed by atoms with van der Waals surface area (Å²) in [6.45, 7) is 1.20. The molecule has 0 saturated heterocycles. The van der Waals surface area contributed by atoms with Gasteiger partial charge in [0.05, 0.1) is 18.0 Å². The average molecular weight is 346 g/mol. The fourth-order valence-corrected chi connectivity index (χ4v) is 2.78. The highest BCUT2D eigenvalue weighted by atomic mass is 32.2. The van der Waals surface area contributed by atoms with Crippen molar-refractivity contribution in [3.63, 3.8) is 0 Å². The first-order valence-corrected chi connectivity index (χ1v) is 8.92. The van der Waals surface area contributed by atoms with Gasteiger partial charge in [-0.1, -0.05) is 18.2 Å². The Hall–Kier alpha value is -2.05. The monoisotopic (exact) mass is 346 g/mol. The van der Waals surface area contributed by atoms with Gasteiger partial charge in [-0.25, -0.2) is 0 Å². The molecule has 2 aromatic rings. The lowest BCUT2D eigenvalue weighted by Crippen LogP contribution is -2.15. The van der Waals surface area contributed by atoms with Crippen LogP contribution in [-0.2, 0) is 15.3 Å². The number of methoxy groups -OCH3 is 1. The highest BCUT2D eigenvalue weighted by molar-refractivity contribution is 7.99. The van der Waals surface area contributed by atoms with E-state index in [0.29, 0.717) is 30.4 Å². The summed E-state index contributed by atoms with van der Waals surface area (Å²) in [5.74, 6) is 1.78. The Morgan fingerprint density at radius 3 is 2.88 bits per heavy atom. The topological polar surface area (TPSA) is 60.5 Å². The van der Waals surface area contributed by atoms with Crippen LogP contribution < -0.4 is 10.1 Å². The van der Waals surface area contributed by atoms with Crippen LogP contribution in [0.3, 0.4) is 0 Å². The largest absolute Gasteiger partial charge is 0.491 e. The molecule has 0 aliphatic carbocycles. The highest BCUT2D eigenvalue weighted by Crippen LogP contribution is 2.24. The molecule has 0 atom stereocenters. The Bertz CT molecular complexity index is 623. The lowest BCUT2D eigenvalue weighted by Gasteiger charge is -2.12. The van der Waals surface area contributed by atoms with Gasteiger partial charge in [0.1, 0.15) is 5.75 Å². The molecule has 1 heterocycles. The zero-order chi connectivity index (χ0) is 17.0. The van der Waals surface area contributed by atoms with Gasteiger partial charge in [-0.3, -0.25) is 9.78 Å². The molecular formula is C18H22N2O3S. The van der Waals surface area contributed by atoms with E-state index in [9.17, 15) is 4.79 Å². The predicted molar refractivity (Wildman–Crippen MR) is 97.5 cm³/mol. The molecule has 0 aliphatic rings. The molecule has 1 aromatic carbocycles. The van der Waals surface area contributed by atoms with E-state index in [-0.39, 0.29) is 5.91 Å². The van der Waals surface area contributed by atoms with Crippen LogP contribution >= 0.6 is 11.8 Å². The molecule has 0 saturated carbocycles. The van der Waals surface area contributed by atoms with Gasteiger partial charge >= 0.3 is 0 Å². The van der Waals surface area contributed by atoms with Crippen LogP contribution in [0.25, 0.3) is 0 Å². The maximum atomic E-state index is 12.1. The molecule has 0 fully saturated rings. The number of ether oxygens (including phenoxy) is 2. The summed E-state index contributed by atoms with van der Waals surface area (Å²) in [7, 11) is 1.66. The molecule has 128 valence electrons. The molecule has 0 unspecified atom stereocenters. The SMILES string of the molecule is COCCCOc1ccccc1NC(=O)CSCc1cccnc1. The van der Waals surface area contributed by atoms with E-state index in [0.717, 1.165) is 17.7 Å². The fourth-order valence-electron chi connectivity index (χ4n) is 2.01. The van der Waals surface area contributed by atoms with Crippen molar-refractivity contribution >= 4 is 23.4 Å². The number of nitrogens with zero attached hydrogens (tertiary/aromatic N) is 1. The zero-order valence-corrected chi connectivity index (χ0v) is 14.6. The third kappa shape index (κ3) is 6.60. The van der Waals surface area contributed by atoms with E-state index < -0.39 is 0 Å². The molecule has 1 aromatic heterocycles. The maximum Gasteiger partial charge on any atom is 0.234 e. The average Bonchev–Trinajstić information content (AvgIpc) is 2.61. The lowest BCUT2D eigenvalue weighted by atomic mass is 10.3. The van der Waals surface area contributed by atoms with Crippen molar-refractivity contribution < 1.29 is 14.3 Å².